The molecule has 0 nitrogen and oxygen atoms in total. The third-order valence-electron chi connectivity index (χ3n) is 0. The molecule has 0 bridgehead atoms. The van der Waals surface area contributed by atoms with Gasteiger partial charge in [-0.1, -0.05) is 0 Å². The Morgan fingerprint density at radius 3 is 0.500 bits per heavy atom. The van der Waals surface area contributed by atoms with Gasteiger partial charge in [-0.2, -0.15) is 0 Å². The van der Waals surface area contributed by atoms with Crippen LogP contribution in [0.25, 0.3) is 0 Å². The van der Waals surface area contributed by atoms with Gasteiger partial charge in [-0.15, -0.1) is 0 Å². The van der Waals surface area contributed by atoms with E-state index in [0.717, 1.165) is 0 Å². The molecule has 0 amide bonds. The van der Waals surface area contributed by atoms with Crippen LogP contribution in [0.5, 0.6) is 0 Å². The summed E-state index contributed by atoms with van der Waals surface area (Å²) in [6, 6.07) is 0. The molecule has 4 heavy (non-hydrogen) atoms. The summed E-state index contributed by atoms with van der Waals surface area (Å²) in [6.07, 6.45) is 0. The zero-order valence-electron chi connectivity index (χ0n) is 1.63. The van der Waals surface area contributed by atoms with Gasteiger partial charge in [0, 0.05) is 0 Å². The van der Waals surface area contributed by atoms with Crippen molar-refractivity contribution in [2.24, 2.45) is 0 Å². The maximum absolute atomic E-state index is 0. The average molecular weight is 421 g/mol. The number of rotatable bonds is 0. The molecular weight excluding hydrogens is 421 g/mol. The van der Waals surface area contributed by atoms with Crippen molar-refractivity contribution in [2.45, 2.75) is 0 Å². The minimum Gasteiger partial charge on any atom is -2.00 e. The van der Waals surface area contributed by atoms with Crippen LogP contribution in [0.3, 0.4) is 0 Å². The van der Waals surface area contributed by atoms with E-state index >= 15 is 0 Å². The van der Waals surface area contributed by atoms with Gasteiger partial charge in [0.05, 0.1) is 0 Å². The second-order valence-electron chi connectivity index (χ2n) is 0. The van der Waals surface area contributed by atoms with Crippen molar-refractivity contribution in [3.05, 3.63) is 0 Å². The molecule has 4 heteroatoms. The topological polar surface area (TPSA) is 0 Å². The Balaban J connectivity index is 0. The van der Waals surface area contributed by atoms with Crippen LogP contribution in [0, 0.1) is 0 Å². The maximum Gasteiger partial charge on any atom is 6.00 e. The van der Waals surface area contributed by atoms with Crippen molar-refractivity contribution in [1.29, 1.82) is 0 Å². The first-order chi connectivity index (χ1) is 0. The first-order valence-electron chi connectivity index (χ1n) is 0. The molecule has 0 rings (SSSR count). The minimum atomic E-state index is 0. The van der Waals surface area contributed by atoms with E-state index in [1.807, 2.05) is 0 Å². The predicted molar refractivity (Wildman–Crippen MR) is 17.3 cm³/mol. The Morgan fingerprint density at radius 2 is 0.500 bits per heavy atom. The summed E-state index contributed by atoms with van der Waals surface area (Å²) in [4.78, 5) is 0. The smallest absolute Gasteiger partial charge is 2.00 e. The van der Waals surface area contributed by atoms with Gasteiger partial charge in [0.1, 0.15) is 0 Å². The monoisotopic (exact) mass is 424 g/mol. The average Bonchev–Trinajstić information content (AvgIpc) is 0. The molecule has 0 aliphatic carbocycles. The normalized spacial score (nSPS) is 0. The maximum atomic E-state index is 0. The Hall–Kier alpha value is 2.25. The zero-order valence-corrected chi connectivity index (χ0v) is 9.71. The second kappa shape index (κ2) is 18.7. The van der Waals surface area contributed by atoms with E-state index < -0.39 is 0 Å². The van der Waals surface area contributed by atoms with E-state index in [0.29, 0.717) is 0 Å². The summed E-state index contributed by atoms with van der Waals surface area (Å²) in [5.74, 6) is 0. The summed E-state index contributed by atoms with van der Waals surface area (Å²) in [5, 5.41) is 0. The molecule has 0 N–H and O–H groups in total. The van der Waals surface area contributed by atoms with Crippen molar-refractivity contribution in [3.8, 4) is 0 Å². The van der Waals surface area contributed by atoms with Crippen LogP contribution in [0.2, 0.25) is 0 Å². The van der Waals surface area contributed by atoms with Crippen LogP contribution in [0.15, 0.2) is 0 Å². The SMILES string of the molecule is [Se-2].[Se-2].[Se-2].[W+6]. The molecule has 0 atom stereocenters. The van der Waals surface area contributed by atoms with Gasteiger partial charge in [0.15, 0.2) is 0 Å². The molecule has 0 unspecified atom stereocenters. The summed E-state index contributed by atoms with van der Waals surface area (Å²) >= 11 is 0. The van der Waals surface area contributed by atoms with Crippen LogP contribution in [0.1, 0.15) is 0 Å². The molecule has 0 aliphatic rings. The van der Waals surface area contributed by atoms with Crippen LogP contribution in [-0.2, 0) is 21.1 Å². The third kappa shape index (κ3) is 8.87. The Bertz CT molecular complexity index is 3.25. The minimum absolute atomic E-state index is 0. The van der Waals surface area contributed by atoms with Gasteiger partial charge < -0.3 is 51.2 Å². The van der Waals surface area contributed by atoms with Crippen molar-refractivity contribution < 1.29 is 21.1 Å². The molecule has 0 aromatic heterocycles. The summed E-state index contributed by atoms with van der Waals surface area (Å²) in [7, 11) is 0. The molecule has 0 aliphatic heterocycles. The van der Waals surface area contributed by atoms with Gasteiger partial charge in [0.25, 0.3) is 0 Å². The van der Waals surface area contributed by atoms with Crippen molar-refractivity contribution in [2.75, 3.05) is 0 Å². The molecule has 0 fully saturated rings. The molecule has 24 valence electrons. The van der Waals surface area contributed by atoms with Crippen LogP contribution < -0.4 is 0 Å². The molecule has 0 saturated carbocycles. The Kier molecular flexibility index (Phi) is 160. The Morgan fingerprint density at radius 1 is 0.500 bits per heavy atom. The van der Waals surface area contributed by atoms with Crippen molar-refractivity contribution in [3.63, 3.8) is 0 Å². The van der Waals surface area contributed by atoms with Crippen molar-refractivity contribution >= 4 is 51.2 Å². The summed E-state index contributed by atoms with van der Waals surface area (Å²) in [6.45, 7) is 0. The first-order valence-corrected chi connectivity index (χ1v) is 0. The molecule has 0 saturated heterocycles. The standard InChI is InChI=1S/3Se.W/q3*-2;+6. The van der Waals surface area contributed by atoms with E-state index in [1.165, 1.54) is 0 Å². The zero-order chi connectivity index (χ0) is 0. The van der Waals surface area contributed by atoms with Gasteiger partial charge in [-0.25, -0.2) is 0 Å². The summed E-state index contributed by atoms with van der Waals surface area (Å²) in [5.41, 5.74) is 0. The number of hydrogen-bond donors (Lipinski definition) is 0. The fraction of sp³-hybridized carbons (Fsp3) is 0. The number of hydrogen-bond acceptors (Lipinski definition) is 0. The van der Waals surface area contributed by atoms with Gasteiger partial charge in [0.2, 0.25) is 0 Å². The molecule has 0 spiro atoms. The van der Waals surface area contributed by atoms with E-state index in [1.54, 1.807) is 0 Å². The van der Waals surface area contributed by atoms with Crippen LogP contribution in [-0.4, -0.2) is 51.2 Å². The molecule has 0 radical (unpaired) electrons. The quantitative estimate of drug-likeness (QED) is 0.435. The van der Waals surface area contributed by atoms with E-state index in [2.05, 4.69) is 0 Å². The van der Waals surface area contributed by atoms with Gasteiger partial charge >= 0.3 is 21.1 Å². The fourth-order valence-corrected chi connectivity index (χ4v) is 0. The second-order valence-corrected chi connectivity index (χ2v) is 0. The molecule has 0 heterocycles. The predicted octanol–water partition coefficient (Wildman–Crippen LogP) is -1.14. The molecule has 0 aromatic rings. The Labute approximate surface area is 71.5 Å². The van der Waals surface area contributed by atoms with Gasteiger partial charge in [-0.05, 0) is 0 Å². The third-order valence-corrected chi connectivity index (χ3v) is 0. The van der Waals surface area contributed by atoms with Crippen LogP contribution in [0.4, 0.5) is 0 Å². The largest absolute Gasteiger partial charge is 6.00 e. The molecule has 0 aromatic carbocycles. The van der Waals surface area contributed by atoms with E-state index in [4.69, 9.17) is 0 Å². The van der Waals surface area contributed by atoms with E-state index in [-0.39, 0.29) is 72.3 Å². The summed E-state index contributed by atoms with van der Waals surface area (Å²) < 4.78 is 0. The van der Waals surface area contributed by atoms with E-state index in [9.17, 15) is 0 Å². The molecular formula is Se3W. The van der Waals surface area contributed by atoms with Crippen LogP contribution >= 0.6 is 0 Å². The van der Waals surface area contributed by atoms with Gasteiger partial charge in [-0.3, -0.25) is 0 Å². The fourth-order valence-electron chi connectivity index (χ4n) is 0. The first kappa shape index (κ1) is 34.1. The van der Waals surface area contributed by atoms with Crippen molar-refractivity contribution in [1.82, 2.24) is 0 Å².